The predicted molar refractivity (Wildman–Crippen MR) is 114 cm³/mol. The number of nitrogens with one attached hydrogen (secondary N) is 2. The van der Waals surface area contributed by atoms with Crippen LogP contribution in [-0.4, -0.2) is 36.6 Å². The molecule has 2 aromatic carbocycles. The Hall–Kier alpha value is -2.83. The van der Waals surface area contributed by atoms with Gasteiger partial charge in [0.25, 0.3) is 11.8 Å². The molecule has 1 unspecified atom stereocenters. The summed E-state index contributed by atoms with van der Waals surface area (Å²) in [5.74, 6) is -0.235. The molecule has 0 aliphatic carbocycles. The highest BCUT2D eigenvalue weighted by Gasteiger charge is 2.22. The summed E-state index contributed by atoms with van der Waals surface area (Å²) in [5.41, 5.74) is 4.12. The Kier molecular flexibility index (Phi) is 5.30. The highest BCUT2D eigenvalue weighted by atomic mass is 35.5. The third-order valence-corrected chi connectivity index (χ3v) is 5.39. The lowest BCUT2D eigenvalue weighted by molar-refractivity contribution is -0.125. The number of carbonyl (C=O) groups excluding carboxylic acids is 2. The third kappa shape index (κ3) is 3.99. The fourth-order valence-corrected chi connectivity index (χ4v) is 3.77. The van der Waals surface area contributed by atoms with E-state index < -0.39 is 0 Å². The SMILES string of the molecule is Cc1cc(C(=O)NC(C)c2cc3cc(Cl)ccc3[nH]2)ccc1N1CCOCC1=O. The number of aryl methyl sites for hydroxylation is 1. The van der Waals surface area contributed by atoms with Crippen LogP contribution >= 0.6 is 11.6 Å². The third-order valence-electron chi connectivity index (χ3n) is 5.15. The van der Waals surface area contributed by atoms with E-state index in [1.165, 1.54) is 0 Å². The number of nitrogens with zero attached hydrogens (tertiary/aromatic N) is 1. The van der Waals surface area contributed by atoms with Crippen molar-refractivity contribution in [3.05, 3.63) is 64.3 Å². The molecule has 1 fully saturated rings. The molecule has 3 aromatic rings. The first kappa shape index (κ1) is 19.5. The van der Waals surface area contributed by atoms with Crippen molar-refractivity contribution < 1.29 is 14.3 Å². The van der Waals surface area contributed by atoms with Gasteiger partial charge in [0.15, 0.2) is 0 Å². The predicted octanol–water partition coefficient (Wildman–Crippen LogP) is 3.98. The van der Waals surface area contributed by atoms with Crippen molar-refractivity contribution >= 4 is 40.0 Å². The molecule has 7 heteroatoms. The van der Waals surface area contributed by atoms with Gasteiger partial charge < -0.3 is 19.9 Å². The van der Waals surface area contributed by atoms with E-state index in [1.54, 1.807) is 11.0 Å². The summed E-state index contributed by atoms with van der Waals surface area (Å²) < 4.78 is 5.18. The van der Waals surface area contributed by atoms with Gasteiger partial charge in [0.2, 0.25) is 0 Å². The Balaban J connectivity index is 1.50. The average molecular weight is 412 g/mol. The van der Waals surface area contributed by atoms with E-state index in [2.05, 4.69) is 10.3 Å². The summed E-state index contributed by atoms with van der Waals surface area (Å²) in [6.45, 7) is 4.96. The highest BCUT2D eigenvalue weighted by molar-refractivity contribution is 6.31. The summed E-state index contributed by atoms with van der Waals surface area (Å²) in [5, 5.41) is 4.70. The zero-order chi connectivity index (χ0) is 20.5. The first-order valence-corrected chi connectivity index (χ1v) is 9.88. The van der Waals surface area contributed by atoms with E-state index in [4.69, 9.17) is 16.3 Å². The van der Waals surface area contributed by atoms with Crippen LogP contribution in [0.1, 0.15) is 34.6 Å². The van der Waals surface area contributed by atoms with Crippen LogP contribution in [0.2, 0.25) is 5.02 Å². The van der Waals surface area contributed by atoms with Crippen molar-refractivity contribution in [2.45, 2.75) is 19.9 Å². The van der Waals surface area contributed by atoms with Gasteiger partial charge in [-0.05, 0) is 61.9 Å². The molecular weight excluding hydrogens is 390 g/mol. The molecular formula is C22H22ClN3O3. The van der Waals surface area contributed by atoms with Crippen LogP contribution in [0.4, 0.5) is 5.69 Å². The number of anilines is 1. The van der Waals surface area contributed by atoms with Crippen LogP contribution in [0.3, 0.4) is 0 Å². The molecule has 150 valence electrons. The number of amides is 2. The van der Waals surface area contributed by atoms with E-state index in [0.29, 0.717) is 23.7 Å². The fourth-order valence-electron chi connectivity index (χ4n) is 3.59. The Labute approximate surface area is 173 Å². The molecule has 2 heterocycles. The number of hydrogen-bond donors (Lipinski definition) is 2. The van der Waals surface area contributed by atoms with Crippen molar-refractivity contribution in [3.63, 3.8) is 0 Å². The number of aromatic amines is 1. The summed E-state index contributed by atoms with van der Waals surface area (Å²) in [4.78, 5) is 29.9. The molecule has 0 saturated carbocycles. The van der Waals surface area contributed by atoms with Crippen molar-refractivity contribution in [2.75, 3.05) is 24.7 Å². The van der Waals surface area contributed by atoms with Gasteiger partial charge in [0.1, 0.15) is 6.61 Å². The molecule has 0 spiro atoms. The Morgan fingerprint density at radius 1 is 1.24 bits per heavy atom. The lowest BCUT2D eigenvalue weighted by Gasteiger charge is -2.28. The average Bonchev–Trinajstić information content (AvgIpc) is 3.12. The molecule has 6 nitrogen and oxygen atoms in total. The van der Waals surface area contributed by atoms with Crippen LogP contribution in [0, 0.1) is 6.92 Å². The lowest BCUT2D eigenvalue weighted by Crippen LogP contribution is -2.42. The van der Waals surface area contributed by atoms with E-state index in [9.17, 15) is 9.59 Å². The van der Waals surface area contributed by atoms with Crippen LogP contribution in [-0.2, 0) is 9.53 Å². The van der Waals surface area contributed by atoms with Gasteiger partial charge in [0.05, 0.1) is 12.6 Å². The maximum absolute atomic E-state index is 12.8. The highest BCUT2D eigenvalue weighted by Crippen LogP contribution is 2.25. The minimum absolute atomic E-state index is 0.0657. The molecule has 1 saturated heterocycles. The van der Waals surface area contributed by atoms with Gasteiger partial charge >= 0.3 is 0 Å². The number of benzene rings is 2. The van der Waals surface area contributed by atoms with Crippen molar-refractivity contribution in [3.8, 4) is 0 Å². The number of carbonyl (C=O) groups is 2. The number of ether oxygens (including phenoxy) is 1. The molecule has 1 aliphatic heterocycles. The zero-order valence-corrected chi connectivity index (χ0v) is 17.0. The Bertz CT molecular complexity index is 1090. The minimum atomic E-state index is -0.200. The topological polar surface area (TPSA) is 74.4 Å². The largest absolute Gasteiger partial charge is 0.370 e. The number of H-pyrrole nitrogens is 1. The number of morpholine rings is 1. The number of rotatable bonds is 4. The first-order chi connectivity index (χ1) is 13.9. The summed E-state index contributed by atoms with van der Waals surface area (Å²) in [7, 11) is 0. The molecule has 2 N–H and O–H groups in total. The quantitative estimate of drug-likeness (QED) is 0.681. The summed E-state index contributed by atoms with van der Waals surface area (Å²) >= 11 is 6.05. The number of hydrogen-bond acceptors (Lipinski definition) is 3. The van der Waals surface area contributed by atoms with E-state index >= 15 is 0 Å². The fraction of sp³-hybridized carbons (Fsp3) is 0.273. The molecule has 29 heavy (non-hydrogen) atoms. The van der Waals surface area contributed by atoms with Gasteiger partial charge in [-0.15, -0.1) is 0 Å². The molecule has 4 rings (SSSR count). The van der Waals surface area contributed by atoms with Crippen molar-refractivity contribution in [1.82, 2.24) is 10.3 Å². The molecule has 2 amide bonds. The normalized spacial score (nSPS) is 15.6. The van der Waals surface area contributed by atoms with E-state index in [-0.39, 0.29) is 24.5 Å². The molecule has 1 aliphatic rings. The van der Waals surface area contributed by atoms with Gasteiger partial charge in [-0.25, -0.2) is 0 Å². The van der Waals surface area contributed by atoms with Crippen molar-refractivity contribution in [1.29, 1.82) is 0 Å². The van der Waals surface area contributed by atoms with Crippen LogP contribution in [0.5, 0.6) is 0 Å². The molecule has 0 bridgehead atoms. The number of halogens is 1. The Morgan fingerprint density at radius 3 is 2.83 bits per heavy atom. The van der Waals surface area contributed by atoms with Crippen LogP contribution in [0.15, 0.2) is 42.5 Å². The second-order valence-corrected chi connectivity index (χ2v) is 7.69. The van der Waals surface area contributed by atoms with E-state index in [1.807, 2.05) is 50.2 Å². The van der Waals surface area contributed by atoms with Gasteiger partial charge in [-0.2, -0.15) is 0 Å². The maximum atomic E-state index is 12.8. The smallest absolute Gasteiger partial charge is 0.253 e. The monoisotopic (exact) mass is 411 g/mol. The molecule has 1 atom stereocenters. The molecule has 1 aromatic heterocycles. The number of aromatic nitrogens is 1. The number of fused-ring (bicyclic) bond motifs is 1. The maximum Gasteiger partial charge on any atom is 0.253 e. The second kappa shape index (κ2) is 7.89. The lowest BCUT2D eigenvalue weighted by atomic mass is 10.1. The molecule has 0 radical (unpaired) electrons. The second-order valence-electron chi connectivity index (χ2n) is 7.25. The summed E-state index contributed by atoms with van der Waals surface area (Å²) in [6, 6.07) is 12.8. The minimum Gasteiger partial charge on any atom is -0.370 e. The zero-order valence-electron chi connectivity index (χ0n) is 16.3. The van der Waals surface area contributed by atoms with Crippen LogP contribution < -0.4 is 10.2 Å². The first-order valence-electron chi connectivity index (χ1n) is 9.50. The van der Waals surface area contributed by atoms with Gasteiger partial charge in [-0.1, -0.05) is 11.6 Å². The van der Waals surface area contributed by atoms with Gasteiger partial charge in [0, 0.05) is 39.4 Å². The van der Waals surface area contributed by atoms with E-state index in [0.717, 1.165) is 27.8 Å². The standard InChI is InChI=1S/C22H22ClN3O3/c1-13-9-15(3-6-20(13)26-7-8-29-12-21(26)27)22(28)24-14(2)19-11-16-10-17(23)4-5-18(16)25-19/h3-6,9-11,14,25H,7-8,12H2,1-2H3,(H,24,28). The van der Waals surface area contributed by atoms with Gasteiger partial charge in [-0.3, -0.25) is 9.59 Å². The van der Waals surface area contributed by atoms with Crippen LogP contribution in [0.25, 0.3) is 10.9 Å². The summed E-state index contributed by atoms with van der Waals surface area (Å²) in [6.07, 6.45) is 0. The Morgan fingerprint density at radius 2 is 2.07 bits per heavy atom. The van der Waals surface area contributed by atoms with Crippen molar-refractivity contribution in [2.24, 2.45) is 0 Å².